The van der Waals surface area contributed by atoms with E-state index in [4.69, 9.17) is 0 Å². The number of carbonyl (C=O) groups excluding carboxylic acids is 1. The number of hydrogen-bond donors (Lipinski definition) is 1. The second-order valence-electron chi connectivity index (χ2n) is 5.77. The molecule has 0 atom stereocenters. The molecule has 8 heteroatoms. The topological polar surface area (TPSA) is 79.4 Å². The van der Waals surface area contributed by atoms with Crippen LogP contribution in [0.5, 0.6) is 0 Å². The average Bonchev–Trinajstić information content (AvgIpc) is 3.16. The van der Waals surface area contributed by atoms with Gasteiger partial charge in [-0.2, -0.15) is 0 Å². The van der Waals surface area contributed by atoms with Crippen molar-refractivity contribution in [1.29, 1.82) is 0 Å². The maximum Gasteiger partial charge on any atom is 0.244 e. The fourth-order valence-electron chi connectivity index (χ4n) is 2.56. The Morgan fingerprint density at radius 1 is 1.36 bits per heavy atom. The van der Waals surface area contributed by atoms with Crippen LogP contribution < -0.4 is 9.62 Å². The van der Waals surface area contributed by atoms with Crippen molar-refractivity contribution in [2.45, 2.75) is 19.9 Å². The van der Waals surface area contributed by atoms with Gasteiger partial charge in [0, 0.05) is 23.7 Å². The van der Waals surface area contributed by atoms with Crippen LogP contribution in [0.25, 0.3) is 6.08 Å². The standard InChI is InChI=1S/C17H19N3O3S2/c1-13-12-24-17(19-13)11-18-16(21)8-5-14-3-6-15(7-4-14)20-9-2-10-25(20,22)23/h3-8,12H,2,9-11H2,1H3,(H,18,21)/b8-5+. The minimum absolute atomic E-state index is 0.195. The third-order valence-electron chi connectivity index (χ3n) is 3.79. The second-order valence-corrected chi connectivity index (χ2v) is 8.72. The molecule has 0 aliphatic carbocycles. The lowest BCUT2D eigenvalue weighted by Crippen LogP contribution is -2.24. The number of aromatic nitrogens is 1. The molecule has 0 saturated carbocycles. The maximum absolute atomic E-state index is 11.9. The number of benzene rings is 1. The fourth-order valence-corrected chi connectivity index (χ4v) is 4.83. The summed E-state index contributed by atoms with van der Waals surface area (Å²) >= 11 is 1.52. The molecule has 2 aromatic rings. The van der Waals surface area contributed by atoms with E-state index in [0.717, 1.165) is 16.3 Å². The van der Waals surface area contributed by atoms with E-state index >= 15 is 0 Å². The number of aryl methyl sites for hydroxylation is 1. The summed E-state index contributed by atoms with van der Waals surface area (Å²) in [6.45, 7) is 2.85. The van der Waals surface area contributed by atoms with Gasteiger partial charge in [0.2, 0.25) is 15.9 Å². The molecule has 1 fully saturated rings. The first-order valence-electron chi connectivity index (χ1n) is 7.91. The summed E-state index contributed by atoms with van der Waals surface area (Å²) in [5.74, 6) is 0.00651. The first-order chi connectivity index (χ1) is 11.9. The van der Waals surface area contributed by atoms with Gasteiger partial charge in [-0.25, -0.2) is 13.4 Å². The molecule has 1 saturated heterocycles. The van der Waals surface area contributed by atoms with Gasteiger partial charge in [0.1, 0.15) is 5.01 Å². The molecule has 0 bridgehead atoms. The Morgan fingerprint density at radius 2 is 2.12 bits per heavy atom. The number of amides is 1. The Morgan fingerprint density at radius 3 is 2.72 bits per heavy atom. The van der Waals surface area contributed by atoms with Crippen molar-refractivity contribution in [2.24, 2.45) is 0 Å². The zero-order valence-corrected chi connectivity index (χ0v) is 15.4. The molecule has 25 heavy (non-hydrogen) atoms. The Hall–Kier alpha value is -2.19. The van der Waals surface area contributed by atoms with Crippen LogP contribution in [0.15, 0.2) is 35.7 Å². The van der Waals surface area contributed by atoms with Crippen molar-refractivity contribution in [3.63, 3.8) is 0 Å². The third kappa shape index (κ3) is 4.46. The van der Waals surface area contributed by atoms with Crippen LogP contribution in [-0.4, -0.2) is 31.6 Å². The number of nitrogens with zero attached hydrogens (tertiary/aromatic N) is 2. The van der Waals surface area contributed by atoms with E-state index in [1.165, 1.54) is 21.7 Å². The van der Waals surface area contributed by atoms with Crippen LogP contribution in [0.2, 0.25) is 0 Å². The van der Waals surface area contributed by atoms with Crippen molar-refractivity contribution in [3.8, 4) is 0 Å². The molecular formula is C17H19N3O3S2. The van der Waals surface area contributed by atoms with Gasteiger partial charge >= 0.3 is 0 Å². The molecule has 0 spiro atoms. The van der Waals surface area contributed by atoms with Gasteiger partial charge in [-0.3, -0.25) is 9.10 Å². The summed E-state index contributed by atoms with van der Waals surface area (Å²) in [5.41, 5.74) is 2.45. The van der Waals surface area contributed by atoms with Gasteiger partial charge < -0.3 is 5.32 Å². The molecule has 1 aliphatic heterocycles. The van der Waals surface area contributed by atoms with Crippen molar-refractivity contribution in [3.05, 3.63) is 52.0 Å². The van der Waals surface area contributed by atoms with Gasteiger partial charge in [0.25, 0.3) is 0 Å². The predicted octanol–water partition coefficient (Wildman–Crippen LogP) is 2.32. The molecule has 1 aliphatic rings. The van der Waals surface area contributed by atoms with Crippen molar-refractivity contribution >= 4 is 39.0 Å². The molecule has 0 radical (unpaired) electrons. The Balaban J connectivity index is 1.57. The maximum atomic E-state index is 11.9. The number of thiazole rings is 1. The van der Waals surface area contributed by atoms with E-state index < -0.39 is 10.0 Å². The predicted molar refractivity (Wildman–Crippen MR) is 99.9 cm³/mol. The van der Waals surface area contributed by atoms with Crippen LogP contribution >= 0.6 is 11.3 Å². The van der Waals surface area contributed by atoms with Gasteiger partial charge in [0.15, 0.2) is 0 Å². The lowest BCUT2D eigenvalue weighted by atomic mass is 10.2. The van der Waals surface area contributed by atoms with Gasteiger partial charge in [-0.1, -0.05) is 12.1 Å². The second kappa shape index (κ2) is 7.37. The SMILES string of the molecule is Cc1csc(CNC(=O)/C=C/c2ccc(N3CCCS3(=O)=O)cc2)n1. The monoisotopic (exact) mass is 377 g/mol. The van der Waals surface area contributed by atoms with E-state index in [1.807, 2.05) is 12.3 Å². The quantitative estimate of drug-likeness (QED) is 0.811. The van der Waals surface area contributed by atoms with Gasteiger partial charge in [0.05, 0.1) is 18.0 Å². The molecule has 1 aromatic heterocycles. The highest BCUT2D eigenvalue weighted by Crippen LogP contribution is 2.24. The van der Waals surface area contributed by atoms with E-state index in [9.17, 15) is 13.2 Å². The zero-order valence-electron chi connectivity index (χ0n) is 13.8. The van der Waals surface area contributed by atoms with Crippen LogP contribution in [0.4, 0.5) is 5.69 Å². The number of rotatable bonds is 5. The summed E-state index contributed by atoms with van der Waals surface area (Å²) < 4.78 is 25.2. The normalized spacial score (nSPS) is 16.4. The van der Waals surface area contributed by atoms with Gasteiger partial charge in [-0.15, -0.1) is 11.3 Å². The lowest BCUT2D eigenvalue weighted by molar-refractivity contribution is -0.116. The van der Waals surface area contributed by atoms with Gasteiger partial charge in [-0.05, 0) is 37.1 Å². The minimum atomic E-state index is -3.16. The summed E-state index contributed by atoms with van der Waals surface area (Å²) in [7, 11) is -3.16. The molecule has 3 rings (SSSR count). The highest BCUT2D eigenvalue weighted by molar-refractivity contribution is 7.93. The fraction of sp³-hybridized carbons (Fsp3) is 0.294. The molecular weight excluding hydrogens is 358 g/mol. The number of anilines is 1. The summed E-state index contributed by atoms with van der Waals surface area (Å²) in [6.07, 6.45) is 3.82. The zero-order chi connectivity index (χ0) is 17.9. The average molecular weight is 377 g/mol. The minimum Gasteiger partial charge on any atom is -0.346 e. The van der Waals surface area contributed by atoms with E-state index in [-0.39, 0.29) is 11.7 Å². The molecule has 1 aromatic carbocycles. The first-order valence-corrected chi connectivity index (χ1v) is 10.4. The number of hydrogen-bond acceptors (Lipinski definition) is 5. The Labute approximate surface area is 151 Å². The summed E-state index contributed by atoms with van der Waals surface area (Å²) in [6, 6.07) is 7.13. The Bertz CT molecular complexity index is 886. The first kappa shape index (κ1) is 17.6. The molecule has 1 amide bonds. The number of carbonyl (C=O) groups is 1. The molecule has 6 nitrogen and oxygen atoms in total. The number of sulfonamides is 1. The molecule has 0 unspecified atom stereocenters. The summed E-state index contributed by atoms with van der Waals surface area (Å²) in [4.78, 5) is 16.1. The van der Waals surface area contributed by atoms with Crippen LogP contribution in [0.3, 0.4) is 0 Å². The molecule has 1 N–H and O–H groups in total. The molecule has 132 valence electrons. The largest absolute Gasteiger partial charge is 0.346 e. The van der Waals surface area contributed by atoms with Crippen molar-refractivity contribution < 1.29 is 13.2 Å². The Kier molecular flexibility index (Phi) is 5.19. The van der Waals surface area contributed by atoms with E-state index in [1.54, 1.807) is 30.3 Å². The molecule has 2 heterocycles. The third-order valence-corrected chi connectivity index (χ3v) is 6.62. The van der Waals surface area contributed by atoms with Crippen molar-refractivity contribution in [2.75, 3.05) is 16.6 Å². The van der Waals surface area contributed by atoms with E-state index in [2.05, 4.69) is 10.3 Å². The highest BCUT2D eigenvalue weighted by Gasteiger charge is 2.28. The smallest absolute Gasteiger partial charge is 0.244 e. The lowest BCUT2D eigenvalue weighted by Gasteiger charge is -2.16. The number of nitrogens with one attached hydrogen (secondary N) is 1. The van der Waals surface area contributed by atoms with E-state index in [0.29, 0.717) is 25.2 Å². The highest BCUT2D eigenvalue weighted by atomic mass is 32.2. The van der Waals surface area contributed by atoms with Crippen LogP contribution in [-0.2, 0) is 21.4 Å². The summed E-state index contributed by atoms with van der Waals surface area (Å²) in [5, 5.41) is 5.60. The van der Waals surface area contributed by atoms with Crippen LogP contribution in [0.1, 0.15) is 22.7 Å². The van der Waals surface area contributed by atoms with Crippen LogP contribution in [0, 0.1) is 6.92 Å². The van der Waals surface area contributed by atoms with Crippen molar-refractivity contribution in [1.82, 2.24) is 10.3 Å².